The Balaban J connectivity index is 1.82. The zero-order valence-electron chi connectivity index (χ0n) is 21.4. The van der Waals surface area contributed by atoms with Crippen molar-refractivity contribution < 1.29 is 33.7 Å². The van der Waals surface area contributed by atoms with Crippen LogP contribution in [0.5, 0.6) is 11.5 Å². The first-order valence-corrected chi connectivity index (χ1v) is 12.8. The van der Waals surface area contributed by atoms with Crippen molar-refractivity contribution in [1.29, 1.82) is 0 Å². The maximum absolute atomic E-state index is 13.8. The van der Waals surface area contributed by atoms with Gasteiger partial charge in [0.05, 0.1) is 19.3 Å². The van der Waals surface area contributed by atoms with Crippen molar-refractivity contribution in [3.63, 3.8) is 0 Å². The molecular weight excluding hydrogens is 462 g/mol. The summed E-state index contributed by atoms with van der Waals surface area (Å²) in [4.78, 5) is 40.1. The molecule has 1 saturated carbocycles. The molecule has 1 fully saturated rings. The zero-order chi connectivity index (χ0) is 26.0. The van der Waals surface area contributed by atoms with Gasteiger partial charge >= 0.3 is 11.9 Å². The number of aromatic hydroxyl groups is 1. The predicted octanol–water partition coefficient (Wildman–Crippen LogP) is 4.28. The highest BCUT2D eigenvalue weighted by molar-refractivity contribution is 6.12. The SMILES string of the molecule is CCOc1cc([C@@H]2C(C(=O)OC3CCCCC3)=C(C)NC3=C2C(=O)[C@H](C(=O)OC)[C@@H](C)C3)ccc1O. The van der Waals surface area contributed by atoms with Gasteiger partial charge in [0, 0.05) is 22.9 Å². The maximum atomic E-state index is 13.8. The van der Waals surface area contributed by atoms with Gasteiger partial charge in [-0.15, -0.1) is 0 Å². The molecule has 8 heteroatoms. The molecule has 1 aliphatic heterocycles. The first kappa shape index (κ1) is 25.8. The lowest BCUT2D eigenvalue weighted by Gasteiger charge is -2.38. The monoisotopic (exact) mass is 497 g/mol. The molecule has 2 N–H and O–H groups in total. The Labute approximate surface area is 211 Å². The third-order valence-electron chi connectivity index (χ3n) is 7.41. The van der Waals surface area contributed by atoms with Gasteiger partial charge in [0.1, 0.15) is 12.0 Å². The molecule has 0 aromatic heterocycles. The van der Waals surface area contributed by atoms with Crippen molar-refractivity contribution >= 4 is 17.7 Å². The molecule has 1 heterocycles. The summed E-state index contributed by atoms with van der Waals surface area (Å²) in [6.45, 7) is 5.80. The number of methoxy groups -OCH3 is 1. The second-order valence-corrected chi connectivity index (χ2v) is 9.86. The van der Waals surface area contributed by atoms with E-state index in [1.165, 1.54) is 13.2 Å². The quantitative estimate of drug-likeness (QED) is 0.443. The van der Waals surface area contributed by atoms with Gasteiger partial charge in [0.2, 0.25) is 0 Å². The molecule has 0 unspecified atom stereocenters. The lowest BCUT2D eigenvalue weighted by molar-refractivity contribution is -0.151. The van der Waals surface area contributed by atoms with Crippen molar-refractivity contribution in [2.24, 2.45) is 11.8 Å². The fraction of sp³-hybridized carbons (Fsp3) is 0.536. The second-order valence-electron chi connectivity index (χ2n) is 9.86. The molecule has 3 aliphatic rings. The molecule has 0 radical (unpaired) electrons. The van der Waals surface area contributed by atoms with Gasteiger partial charge in [-0.1, -0.05) is 19.4 Å². The standard InChI is InChI=1S/C28H35NO7/c1-5-35-21-14-17(11-12-20(21)30)24-23(28(33)36-18-9-7-6-8-10-18)16(3)29-19-13-15(2)22(27(32)34-4)26(31)25(19)24/h11-12,14-15,18,22,24,29-30H,5-10,13H2,1-4H3/t15-,22+,24+/m0/s1. The highest BCUT2D eigenvalue weighted by Crippen LogP contribution is 2.47. The lowest BCUT2D eigenvalue weighted by atomic mass is 9.69. The Bertz CT molecular complexity index is 1110. The summed E-state index contributed by atoms with van der Waals surface area (Å²) >= 11 is 0. The van der Waals surface area contributed by atoms with Gasteiger partial charge in [-0.25, -0.2) is 4.79 Å². The van der Waals surface area contributed by atoms with Gasteiger partial charge in [-0.2, -0.15) is 0 Å². The Kier molecular flexibility index (Phi) is 7.71. The Morgan fingerprint density at radius 1 is 1.17 bits per heavy atom. The van der Waals surface area contributed by atoms with Crippen LogP contribution in [0.15, 0.2) is 40.7 Å². The molecule has 1 aromatic carbocycles. The summed E-state index contributed by atoms with van der Waals surface area (Å²) in [6, 6.07) is 4.83. The van der Waals surface area contributed by atoms with E-state index in [2.05, 4.69) is 5.32 Å². The third kappa shape index (κ3) is 4.86. The molecule has 2 aliphatic carbocycles. The van der Waals surface area contributed by atoms with Gasteiger partial charge in [0.25, 0.3) is 0 Å². The van der Waals surface area contributed by atoms with Crippen molar-refractivity contribution in [3.05, 3.63) is 46.3 Å². The number of ether oxygens (including phenoxy) is 3. The Morgan fingerprint density at radius 2 is 1.89 bits per heavy atom. The van der Waals surface area contributed by atoms with Crippen LogP contribution < -0.4 is 10.1 Å². The lowest BCUT2D eigenvalue weighted by Crippen LogP contribution is -2.43. The summed E-state index contributed by atoms with van der Waals surface area (Å²) in [5, 5.41) is 13.6. The number of carbonyl (C=O) groups excluding carboxylic acids is 3. The first-order valence-electron chi connectivity index (χ1n) is 12.8. The molecule has 194 valence electrons. The van der Waals surface area contributed by atoms with E-state index in [1.54, 1.807) is 26.0 Å². The number of phenols is 1. The number of rotatable bonds is 6. The van der Waals surface area contributed by atoms with Crippen LogP contribution in [0.2, 0.25) is 0 Å². The van der Waals surface area contributed by atoms with E-state index in [1.807, 2.05) is 6.92 Å². The molecule has 0 saturated heterocycles. The average Bonchev–Trinajstić information content (AvgIpc) is 2.85. The molecule has 36 heavy (non-hydrogen) atoms. The summed E-state index contributed by atoms with van der Waals surface area (Å²) < 4.78 is 16.5. The smallest absolute Gasteiger partial charge is 0.337 e. The number of esters is 2. The molecule has 0 spiro atoms. The fourth-order valence-electron chi connectivity index (χ4n) is 5.66. The van der Waals surface area contributed by atoms with E-state index >= 15 is 0 Å². The van der Waals surface area contributed by atoms with Crippen LogP contribution in [-0.4, -0.2) is 42.6 Å². The van der Waals surface area contributed by atoms with Crippen molar-refractivity contribution in [2.75, 3.05) is 13.7 Å². The average molecular weight is 498 g/mol. The molecule has 0 bridgehead atoms. The van der Waals surface area contributed by atoms with E-state index < -0.39 is 23.8 Å². The predicted molar refractivity (Wildman–Crippen MR) is 132 cm³/mol. The second kappa shape index (κ2) is 10.8. The van der Waals surface area contributed by atoms with Crippen molar-refractivity contribution in [2.45, 2.75) is 71.3 Å². The van der Waals surface area contributed by atoms with Crippen LogP contribution in [0.4, 0.5) is 0 Å². The minimum atomic E-state index is -0.962. The normalized spacial score (nSPS) is 24.7. The number of allylic oxidation sites excluding steroid dienone is 3. The van der Waals surface area contributed by atoms with E-state index in [9.17, 15) is 19.5 Å². The topological polar surface area (TPSA) is 111 Å². The molecule has 3 atom stereocenters. The number of phenolic OH excluding ortho intramolecular Hbond substituents is 1. The first-order chi connectivity index (χ1) is 17.3. The minimum Gasteiger partial charge on any atom is -0.504 e. The van der Waals surface area contributed by atoms with E-state index in [-0.39, 0.29) is 29.3 Å². The number of ketones is 1. The zero-order valence-corrected chi connectivity index (χ0v) is 21.4. The number of hydrogen-bond donors (Lipinski definition) is 2. The van der Waals surface area contributed by atoms with Crippen LogP contribution in [0.25, 0.3) is 0 Å². The molecule has 4 rings (SSSR count). The number of nitrogens with one attached hydrogen (secondary N) is 1. The maximum Gasteiger partial charge on any atom is 0.337 e. The fourth-order valence-corrected chi connectivity index (χ4v) is 5.66. The molecule has 0 amide bonds. The van der Waals surface area contributed by atoms with Crippen LogP contribution in [-0.2, 0) is 23.9 Å². The van der Waals surface area contributed by atoms with Gasteiger partial charge in [-0.3, -0.25) is 9.59 Å². The highest BCUT2D eigenvalue weighted by atomic mass is 16.5. The number of dihydropyridines is 1. The molecule has 1 aromatic rings. The van der Waals surface area contributed by atoms with Crippen molar-refractivity contribution in [3.8, 4) is 11.5 Å². The Morgan fingerprint density at radius 3 is 2.56 bits per heavy atom. The van der Waals surface area contributed by atoms with Crippen molar-refractivity contribution in [1.82, 2.24) is 5.32 Å². The van der Waals surface area contributed by atoms with E-state index in [4.69, 9.17) is 14.2 Å². The van der Waals surface area contributed by atoms with E-state index in [0.717, 1.165) is 32.1 Å². The third-order valence-corrected chi connectivity index (χ3v) is 7.41. The number of benzene rings is 1. The molecule has 8 nitrogen and oxygen atoms in total. The summed E-state index contributed by atoms with van der Waals surface area (Å²) in [5.41, 5.74) is 2.60. The van der Waals surface area contributed by atoms with Crippen LogP contribution >= 0.6 is 0 Å². The summed E-state index contributed by atoms with van der Waals surface area (Å²) in [7, 11) is 1.27. The Hall–Kier alpha value is -3.29. The summed E-state index contributed by atoms with van der Waals surface area (Å²) in [6.07, 6.45) is 5.09. The van der Waals surface area contributed by atoms with E-state index in [0.29, 0.717) is 41.1 Å². The largest absolute Gasteiger partial charge is 0.504 e. The number of hydrogen-bond acceptors (Lipinski definition) is 8. The minimum absolute atomic E-state index is 0.0354. The van der Waals surface area contributed by atoms with Gasteiger partial charge < -0.3 is 24.6 Å². The van der Waals surface area contributed by atoms with Crippen LogP contribution in [0.3, 0.4) is 0 Å². The summed E-state index contributed by atoms with van der Waals surface area (Å²) in [5.74, 6) is -3.21. The van der Waals surface area contributed by atoms with Crippen LogP contribution in [0.1, 0.15) is 70.8 Å². The number of Topliss-reactive ketones (excluding diaryl/α,β-unsaturated/α-hetero) is 1. The van der Waals surface area contributed by atoms with Crippen LogP contribution in [0, 0.1) is 11.8 Å². The number of carbonyl (C=O) groups is 3. The van der Waals surface area contributed by atoms with Gasteiger partial charge in [0.15, 0.2) is 17.3 Å². The molecular formula is C28H35NO7. The van der Waals surface area contributed by atoms with Gasteiger partial charge in [-0.05, 0) is 69.6 Å². The highest BCUT2D eigenvalue weighted by Gasteiger charge is 2.47.